The van der Waals surface area contributed by atoms with Gasteiger partial charge in [0.25, 0.3) is 0 Å². The van der Waals surface area contributed by atoms with Gasteiger partial charge in [0.05, 0.1) is 30.8 Å². The van der Waals surface area contributed by atoms with E-state index in [0.29, 0.717) is 29.4 Å². The number of ether oxygens (including phenoxy) is 1. The van der Waals surface area contributed by atoms with Gasteiger partial charge in [-0.3, -0.25) is 4.68 Å². The number of benzene rings is 1. The van der Waals surface area contributed by atoms with E-state index in [1.54, 1.807) is 16.9 Å². The first-order valence-electron chi connectivity index (χ1n) is 11.6. The molecule has 0 radical (unpaired) electrons. The number of morpholine rings is 1. The second-order valence-electron chi connectivity index (χ2n) is 9.41. The maximum absolute atomic E-state index is 10.8. The molecular formula is C24H29N7O2. The summed E-state index contributed by atoms with van der Waals surface area (Å²) in [7, 11) is 3.97. The summed E-state index contributed by atoms with van der Waals surface area (Å²) in [5, 5.41) is 27.9. The quantitative estimate of drug-likeness (QED) is 0.630. The Morgan fingerprint density at radius 2 is 1.85 bits per heavy atom. The predicted molar refractivity (Wildman–Crippen MR) is 127 cm³/mol. The molecule has 2 unspecified atom stereocenters. The van der Waals surface area contributed by atoms with E-state index in [0.717, 1.165) is 61.8 Å². The van der Waals surface area contributed by atoms with Crippen LogP contribution in [0, 0.1) is 0 Å². The van der Waals surface area contributed by atoms with Crippen LogP contribution < -0.4 is 15.1 Å². The standard InChI is InChI=1S/C24H29N7O2/c1-29-5-6-31(19-8-17-13-33-14-18(9-19)26-17)24-22(29)10-21(27-28-24)20-4-3-15(7-23(20)32)16-11-25-30(2)12-16/h3-4,7,10-12,17-19,26,32H,5-6,8-9,13-14H2,1-2H3. The van der Waals surface area contributed by atoms with Crippen LogP contribution in [-0.2, 0) is 11.8 Å². The van der Waals surface area contributed by atoms with Gasteiger partial charge in [0.2, 0.25) is 0 Å². The Balaban J connectivity index is 1.31. The number of likely N-dealkylation sites (N-methyl/N-ethyl adjacent to an activating group) is 1. The molecule has 172 valence electrons. The van der Waals surface area contributed by atoms with Crippen molar-refractivity contribution >= 4 is 11.5 Å². The number of nitrogens with zero attached hydrogens (tertiary/aromatic N) is 6. The van der Waals surface area contributed by atoms with Gasteiger partial charge in [-0.25, -0.2) is 0 Å². The Hall–Kier alpha value is -3.17. The topological polar surface area (TPSA) is 91.6 Å². The predicted octanol–water partition coefficient (Wildman–Crippen LogP) is 2.03. The number of nitrogens with one attached hydrogen (secondary N) is 1. The van der Waals surface area contributed by atoms with Gasteiger partial charge in [-0.05, 0) is 36.6 Å². The lowest BCUT2D eigenvalue weighted by molar-refractivity contribution is 0.0178. The number of anilines is 2. The molecule has 0 amide bonds. The number of piperidine rings is 1. The maximum Gasteiger partial charge on any atom is 0.175 e. The molecule has 3 aliphatic rings. The lowest BCUT2D eigenvalue weighted by Crippen LogP contribution is -2.60. The first-order chi connectivity index (χ1) is 16.0. The van der Waals surface area contributed by atoms with Gasteiger partial charge in [0, 0.05) is 62.6 Å². The summed E-state index contributed by atoms with van der Waals surface area (Å²) in [6.07, 6.45) is 5.83. The third kappa shape index (κ3) is 3.71. The highest BCUT2D eigenvalue weighted by molar-refractivity contribution is 5.79. The van der Waals surface area contributed by atoms with Crippen LogP contribution in [0.4, 0.5) is 11.5 Å². The van der Waals surface area contributed by atoms with Crippen molar-refractivity contribution in [1.29, 1.82) is 0 Å². The van der Waals surface area contributed by atoms with Crippen molar-refractivity contribution in [3.8, 4) is 28.1 Å². The van der Waals surface area contributed by atoms with Gasteiger partial charge >= 0.3 is 0 Å². The lowest BCUT2D eigenvalue weighted by atomic mass is 9.91. The van der Waals surface area contributed by atoms with E-state index in [4.69, 9.17) is 4.74 Å². The third-order valence-corrected chi connectivity index (χ3v) is 7.09. The van der Waals surface area contributed by atoms with Crippen LogP contribution in [0.15, 0.2) is 36.7 Å². The molecular weight excluding hydrogens is 418 g/mol. The van der Waals surface area contributed by atoms with Crippen molar-refractivity contribution in [2.75, 3.05) is 43.2 Å². The van der Waals surface area contributed by atoms with Gasteiger partial charge in [-0.2, -0.15) is 5.10 Å². The van der Waals surface area contributed by atoms with Gasteiger partial charge in [-0.1, -0.05) is 6.07 Å². The molecule has 0 spiro atoms. The van der Waals surface area contributed by atoms with E-state index in [-0.39, 0.29) is 5.75 Å². The van der Waals surface area contributed by atoms with Crippen LogP contribution in [0.3, 0.4) is 0 Å². The van der Waals surface area contributed by atoms with Crippen molar-refractivity contribution < 1.29 is 9.84 Å². The number of phenolic OH excluding ortho intramolecular Hbond substituents is 1. The summed E-state index contributed by atoms with van der Waals surface area (Å²) in [5.74, 6) is 1.12. The molecule has 2 fully saturated rings. The molecule has 9 nitrogen and oxygen atoms in total. The number of hydrogen-bond acceptors (Lipinski definition) is 8. The van der Waals surface area contributed by atoms with Crippen LogP contribution in [0.1, 0.15) is 12.8 Å². The number of fused-ring (bicyclic) bond motifs is 3. The third-order valence-electron chi connectivity index (χ3n) is 7.09. The molecule has 0 aliphatic carbocycles. The number of rotatable bonds is 3. The molecule has 1 aromatic carbocycles. The van der Waals surface area contributed by atoms with E-state index < -0.39 is 0 Å². The van der Waals surface area contributed by atoms with Crippen molar-refractivity contribution in [1.82, 2.24) is 25.3 Å². The Kier molecular flexibility index (Phi) is 4.95. The summed E-state index contributed by atoms with van der Waals surface area (Å²) in [6.45, 7) is 3.44. The van der Waals surface area contributed by atoms with Gasteiger partial charge in [-0.15, -0.1) is 10.2 Å². The fraction of sp³-hybridized carbons (Fsp3) is 0.458. The van der Waals surface area contributed by atoms with Crippen LogP contribution in [0.5, 0.6) is 5.75 Å². The van der Waals surface area contributed by atoms with Crippen molar-refractivity contribution in [2.24, 2.45) is 7.05 Å². The summed E-state index contributed by atoms with van der Waals surface area (Å²) in [6, 6.07) is 8.96. The van der Waals surface area contributed by atoms with Crippen LogP contribution in [0.2, 0.25) is 0 Å². The normalized spacial score (nSPS) is 24.6. The van der Waals surface area contributed by atoms with E-state index >= 15 is 0 Å². The zero-order chi connectivity index (χ0) is 22.5. The molecule has 2 atom stereocenters. The molecule has 2 saturated heterocycles. The minimum atomic E-state index is 0.187. The first kappa shape index (κ1) is 20.4. The Bertz CT molecular complexity index is 1170. The minimum Gasteiger partial charge on any atom is -0.507 e. The largest absolute Gasteiger partial charge is 0.507 e. The Labute approximate surface area is 193 Å². The fourth-order valence-corrected chi connectivity index (χ4v) is 5.39. The summed E-state index contributed by atoms with van der Waals surface area (Å²) >= 11 is 0. The zero-order valence-corrected chi connectivity index (χ0v) is 19.0. The number of aryl methyl sites for hydroxylation is 1. The number of aromatic hydroxyl groups is 1. The monoisotopic (exact) mass is 447 g/mol. The lowest BCUT2D eigenvalue weighted by Gasteiger charge is -2.47. The minimum absolute atomic E-state index is 0.187. The molecule has 33 heavy (non-hydrogen) atoms. The highest BCUT2D eigenvalue weighted by atomic mass is 16.5. The smallest absolute Gasteiger partial charge is 0.175 e. The average molecular weight is 448 g/mol. The Morgan fingerprint density at radius 3 is 2.58 bits per heavy atom. The van der Waals surface area contributed by atoms with Gasteiger partial charge < -0.3 is 25.0 Å². The van der Waals surface area contributed by atoms with Gasteiger partial charge in [0.1, 0.15) is 5.75 Å². The molecule has 5 heterocycles. The molecule has 3 aromatic rings. The number of hydrogen-bond donors (Lipinski definition) is 2. The van der Waals surface area contributed by atoms with E-state index in [1.807, 2.05) is 25.4 Å². The van der Waals surface area contributed by atoms with Crippen LogP contribution >= 0.6 is 0 Å². The summed E-state index contributed by atoms with van der Waals surface area (Å²) < 4.78 is 7.48. The van der Waals surface area contributed by atoms with Crippen molar-refractivity contribution in [2.45, 2.75) is 31.0 Å². The first-order valence-corrected chi connectivity index (χ1v) is 11.6. The van der Waals surface area contributed by atoms with E-state index in [1.165, 1.54) is 0 Å². The van der Waals surface area contributed by atoms with Crippen molar-refractivity contribution in [3.63, 3.8) is 0 Å². The highest BCUT2D eigenvalue weighted by Gasteiger charge is 2.37. The SMILES string of the molecule is CN1CCN(C2CC3COCC(C2)N3)c2nnc(-c3ccc(-c4cnn(C)c4)cc3O)cc21. The van der Waals surface area contributed by atoms with Crippen LogP contribution in [-0.4, -0.2) is 76.6 Å². The highest BCUT2D eigenvalue weighted by Crippen LogP contribution is 2.39. The average Bonchev–Trinajstić information content (AvgIpc) is 3.25. The molecule has 2 aromatic heterocycles. The number of phenols is 1. The Morgan fingerprint density at radius 1 is 1.03 bits per heavy atom. The molecule has 2 N–H and O–H groups in total. The zero-order valence-electron chi connectivity index (χ0n) is 19.0. The molecule has 9 heteroatoms. The molecule has 2 bridgehead atoms. The number of aromatic nitrogens is 4. The molecule has 0 saturated carbocycles. The second-order valence-corrected chi connectivity index (χ2v) is 9.41. The molecule has 3 aliphatic heterocycles. The van der Waals surface area contributed by atoms with Crippen molar-refractivity contribution in [3.05, 3.63) is 36.7 Å². The van der Waals surface area contributed by atoms with E-state index in [9.17, 15) is 5.11 Å². The molecule has 6 rings (SSSR count). The van der Waals surface area contributed by atoms with E-state index in [2.05, 4.69) is 43.5 Å². The second kappa shape index (κ2) is 8.00. The summed E-state index contributed by atoms with van der Waals surface area (Å²) in [5.41, 5.74) is 4.29. The summed E-state index contributed by atoms with van der Waals surface area (Å²) in [4.78, 5) is 4.67. The van der Waals surface area contributed by atoms with Gasteiger partial charge in [0.15, 0.2) is 5.82 Å². The van der Waals surface area contributed by atoms with Crippen LogP contribution in [0.25, 0.3) is 22.4 Å². The fourth-order valence-electron chi connectivity index (χ4n) is 5.39. The maximum atomic E-state index is 10.8.